The van der Waals surface area contributed by atoms with Gasteiger partial charge in [0.25, 0.3) is 5.91 Å². The smallest absolute Gasteiger partial charge is 0.266 e. The van der Waals surface area contributed by atoms with Crippen molar-refractivity contribution in [2.24, 2.45) is 0 Å². The number of methoxy groups -OCH3 is 1. The molecular formula is C21H23N3O2. The lowest BCUT2D eigenvalue weighted by molar-refractivity contribution is 0.0961. The SMILES string of the molecule is COc1ccc(C)cc1C(=O)n1cc(C2CCNCC2)c2ncccc21. The standard InChI is InChI=1S/C21H23N3O2/c1-14-5-6-19(26-2)16(12-14)21(25)24-13-17(15-7-10-22-11-8-15)20-18(24)4-3-9-23-20/h3-6,9,12-13,15,22H,7-8,10-11H2,1-2H3. The molecule has 1 saturated heterocycles. The molecule has 4 rings (SSSR count). The van der Waals surface area contributed by atoms with Gasteiger partial charge in [0.05, 0.1) is 23.7 Å². The Morgan fingerprint density at radius 3 is 2.85 bits per heavy atom. The van der Waals surface area contributed by atoms with E-state index in [0.29, 0.717) is 17.2 Å². The van der Waals surface area contributed by atoms with Gasteiger partial charge >= 0.3 is 0 Å². The van der Waals surface area contributed by atoms with Gasteiger partial charge in [-0.15, -0.1) is 0 Å². The lowest BCUT2D eigenvalue weighted by Gasteiger charge is -2.21. The Kier molecular flexibility index (Phi) is 4.47. The van der Waals surface area contributed by atoms with Crippen molar-refractivity contribution >= 4 is 16.9 Å². The van der Waals surface area contributed by atoms with Crippen molar-refractivity contribution in [2.75, 3.05) is 20.2 Å². The van der Waals surface area contributed by atoms with Gasteiger partial charge in [-0.25, -0.2) is 0 Å². The van der Waals surface area contributed by atoms with Crippen LogP contribution in [0.25, 0.3) is 11.0 Å². The molecule has 3 heterocycles. The van der Waals surface area contributed by atoms with Crippen molar-refractivity contribution < 1.29 is 9.53 Å². The summed E-state index contributed by atoms with van der Waals surface area (Å²) in [7, 11) is 1.59. The van der Waals surface area contributed by atoms with Gasteiger partial charge in [-0.1, -0.05) is 11.6 Å². The second-order valence-corrected chi connectivity index (χ2v) is 6.86. The molecule has 26 heavy (non-hydrogen) atoms. The first-order valence-corrected chi connectivity index (χ1v) is 9.05. The van der Waals surface area contributed by atoms with Crippen LogP contribution in [0.15, 0.2) is 42.7 Å². The van der Waals surface area contributed by atoms with Crippen LogP contribution in [0.4, 0.5) is 0 Å². The fraction of sp³-hybridized carbons (Fsp3) is 0.333. The van der Waals surface area contributed by atoms with E-state index in [4.69, 9.17) is 4.74 Å². The van der Waals surface area contributed by atoms with Gasteiger partial charge in [-0.2, -0.15) is 0 Å². The van der Waals surface area contributed by atoms with Crippen molar-refractivity contribution in [3.8, 4) is 5.75 Å². The van der Waals surface area contributed by atoms with E-state index in [1.807, 2.05) is 43.5 Å². The van der Waals surface area contributed by atoms with Gasteiger partial charge in [0.1, 0.15) is 5.75 Å². The molecule has 1 aliphatic heterocycles. The normalized spacial score (nSPS) is 15.3. The van der Waals surface area contributed by atoms with Gasteiger partial charge in [-0.05, 0) is 68.6 Å². The number of nitrogens with zero attached hydrogens (tertiary/aromatic N) is 2. The minimum absolute atomic E-state index is 0.0799. The number of hydrogen-bond donors (Lipinski definition) is 1. The Hall–Kier alpha value is -2.66. The molecule has 0 unspecified atom stereocenters. The Morgan fingerprint density at radius 2 is 2.08 bits per heavy atom. The second kappa shape index (κ2) is 6.92. The van der Waals surface area contributed by atoms with Crippen LogP contribution in [0.5, 0.6) is 5.75 Å². The number of pyridine rings is 1. The average molecular weight is 349 g/mol. The second-order valence-electron chi connectivity index (χ2n) is 6.86. The lowest BCUT2D eigenvalue weighted by atomic mass is 9.91. The summed E-state index contributed by atoms with van der Waals surface area (Å²) in [5.74, 6) is 0.945. The van der Waals surface area contributed by atoms with Gasteiger partial charge in [0.15, 0.2) is 0 Å². The van der Waals surface area contributed by atoms with Gasteiger partial charge in [0.2, 0.25) is 0 Å². The molecule has 5 heteroatoms. The quantitative estimate of drug-likeness (QED) is 0.786. The molecule has 0 bridgehead atoms. The van der Waals surface area contributed by atoms with Crippen LogP contribution in [-0.2, 0) is 0 Å². The molecule has 1 aliphatic rings. The number of aromatic nitrogens is 2. The summed E-state index contributed by atoms with van der Waals surface area (Å²) >= 11 is 0. The first-order valence-electron chi connectivity index (χ1n) is 9.05. The van der Waals surface area contributed by atoms with E-state index in [2.05, 4.69) is 10.3 Å². The summed E-state index contributed by atoms with van der Waals surface area (Å²) in [5.41, 5.74) is 4.56. The number of piperidine rings is 1. The summed E-state index contributed by atoms with van der Waals surface area (Å²) in [5, 5.41) is 3.40. The predicted molar refractivity (Wildman–Crippen MR) is 102 cm³/mol. The molecule has 134 valence electrons. The fourth-order valence-corrected chi connectivity index (χ4v) is 3.80. The number of aryl methyl sites for hydroxylation is 1. The summed E-state index contributed by atoms with van der Waals surface area (Å²) in [6, 6.07) is 9.53. The van der Waals surface area contributed by atoms with Crippen LogP contribution < -0.4 is 10.1 Å². The summed E-state index contributed by atoms with van der Waals surface area (Å²) in [6.45, 7) is 3.99. The highest BCUT2D eigenvalue weighted by Crippen LogP contribution is 2.33. The van der Waals surface area contributed by atoms with E-state index in [1.54, 1.807) is 17.9 Å². The summed E-state index contributed by atoms with van der Waals surface area (Å²) in [4.78, 5) is 17.9. The number of hydrogen-bond acceptors (Lipinski definition) is 4. The van der Waals surface area contributed by atoms with E-state index in [-0.39, 0.29) is 5.91 Å². The molecule has 1 aromatic carbocycles. The van der Waals surface area contributed by atoms with E-state index in [0.717, 1.165) is 42.5 Å². The maximum atomic E-state index is 13.3. The van der Waals surface area contributed by atoms with Crippen molar-refractivity contribution in [3.05, 3.63) is 59.4 Å². The van der Waals surface area contributed by atoms with Gasteiger partial charge in [0, 0.05) is 12.4 Å². The van der Waals surface area contributed by atoms with E-state index < -0.39 is 0 Å². The minimum Gasteiger partial charge on any atom is -0.496 e. The molecule has 0 radical (unpaired) electrons. The van der Waals surface area contributed by atoms with Crippen LogP contribution >= 0.6 is 0 Å². The van der Waals surface area contributed by atoms with Gasteiger partial charge < -0.3 is 10.1 Å². The van der Waals surface area contributed by atoms with E-state index in [9.17, 15) is 4.79 Å². The third-order valence-corrected chi connectivity index (χ3v) is 5.17. The summed E-state index contributed by atoms with van der Waals surface area (Å²) in [6.07, 6.45) is 5.92. The maximum absolute atomic E-state index is 13.3. The third-order valence-electron chi connectivity index (χ3n) is 5.17. The molecule has 0 amide bonds. The van der Waals surface area contributed by atoms with Crippen molar-refractivity contribution in [1.82, 2.24) is 14.9 Å². The molecule has 2 aromatic heterocycles. The lowest BCUT2D eigenvalue weighted by Crippen LogP contribution is -2.26. The Balaban J connectivity index is 1.84. The number of carbonyl (C=O) groups is 1. The number of fused-ring (bicyclic) bond motifs is 1. The van der Waals surface area contributed by atoms with Crippen LogP contribution in [0.3, 0.4) is 0 Å². The number of ether oxygens (including phenoxy) is 1. The first-order chi connectivity index (χ1) is 12.7. The zero-order valence-corrected chi connectivity index (χ0v) is 15.2. The largest absolute Gasteiger partial charge is 0.496 e. The Bertz CT molecular complexity index is 955. The number of nitrogens with one attached hydrogen (secondary N) is 1. The third kappa shape index (κ3) is 2.88. The monoisotopic (exact) mass is 349 g/mol. The average Bonchev–Trinajstić information content (AvgIpc) is 3.08. The van der Waals surface area contributed by atoms with Crippen molar-refractivity contribution in [2.45, 2.75) is 25.7 Å². The van der Waals surface area contributed by atoms with E-state index in [1.165, 1.54) is 5.56 Å². The summed E-state index contributed by atoms with van der Waals surface area (Å²) < 4.78 is 7.15. The molecule has 1 N–H and O–H groups in total. The Morgan fingerprint density at radius 1 is 1.27 bits per heavy atom. The highest BCUT2D eigenvalue weighted by atomic mass is 16.5. The minimum atomic E-state index is -0.0799. The van der Waals surface area contributed by atoms with E-state index >= 15 is 0 Å². The maximum Gasteiger partial charge on any atom is 0.266 e. The number of carbonyl (C=O) groups excluding carboxylic acids is 1. The van der Waals surface area contributed by atoms with Crippen molar-refractivity contribution in [3.63, 3.8) is 0 Å². The Labute approximate surface area is 153 Å². The van der Waals surface area contributed by atoms with Crippen molar-refractivity contribution in [1.29, 1.82) is 0 Å². The molecule has 0 spiro atoms. The van der Waals surface area contributed by atoms with Crippen LogP contribution in [0, 0.1) is 6.92 Å². The molecule has 3 aromatic rings. The van der Waals surface area contributed by atoms with Gasteiger partial charge in [-0.3, -0.25) is 14.3 Å². The highest BCUT2D eigenvalue weighted by Gasteiger charge is 2.24. The zero-order valence-electron chi connectivity index (χ0n) is 15.2. The molecule has 5 nitrogen and oxygen atoms in total. The number of benzene rings is 1. The molecule has 0 atom stereocenters. The first kappa shape index (κ1) is 16.8. The molecule has 0 aliphatic carbocycles. The molecule has 1 fully saturated rings. The predicted octanol–water partition coefficient (Wildman–Crippen LogP) is 3.51. The number of rotatable bonds is 3. The highest BCUT2D eigenvalue weighted by molar-refractivity contribution is 6.04. The molecule has 0 saturated carbocycles. The van der Waals surface area contributed by atoms with Crippen LogP contribution in [0.2, 0.25) is 0 Å². The topological polar surface area (TPSA) is 56.1 Å². The molecular weight excluding hydrogens is 326 g/mol. The fourth-order valence-electron chi connectivity index (χ4n) is 3.80. The van der Waals surface area contributed by atoms with Crippen LogP contribution in [0.1, 0.15) is 40.2 Å². The van der Waals surface area contributed by atoms with Crippen LogP contribution in [-0.4, -0.2) is 35.7 Å². The zero-order chi connectivity index (χ0) is 18.1.